The van der Waals surface area contributed by atoms with Gasteiger partial charge in [0, 0.05) is 4.90 Å². The maximum atomic E-state index is 12.1. The van der Waals surface area contributed by atoms with Gasteiger partial charge in [0.1, 0.15) is 0 Å². The SMILES string of the molecule is CCCC(C)c1ccc(SC(F)(F)F)cc1. The molecule has 1 atom stereocenters. The number of hydrogen-bond acceptors (Lipinski definition) is 1. The highest BCUT2D eigenvalue weighted by Crippen LogP contribution is 2.37. The average Bonchev–Trinajstić information content (AvgIpc) is 2.16. The fraction of sp³-hybridized carbons (Fsp3) is 0.500. The quantitative estimate of drug-likeness (QED) is 0.660. The van der Waals surface area contributed by atoms with Gasteiger partial charge in [-0.15, -0.1) is 0 Å². The minimum absolute atomic E-state index is 0.0655. The predicted molar refractivity (Wildman–Crippen MR) is 61.7 cm³/mol. The van der Waals surface area contributed by atoms with E-state index in [9.17, 15) is 13.2 Å². The second kappa shape index (κ2) is 5.62. The van der Waals surface area contributed by atoms with Crippen LogP contribution in [0.4, 0.5) is 13.2 Å². The van der Waals surface area contributed by atoms with Crippen LogP contribution in [-0.4, -0.2) is 5.51 Å². The van der Waals surface area contributed by atoms with E-state index in [4.69, 9.17) is 0 Å². The first-order chi connectivity index (χ1) is 7.42. The summed E-state index contributed by atoms with van der Waals surface area (Å²) in [6.07, 6.45) is 2.14. The molecule has 16 heavy (non-hydrogen) atoms. The molecule has 0 aliphatic rings. The molecule has 0 fully saturated rings. The molecule has 0 radical (unpaired) electrons. The maximum Gasteiger partial charge on any atom is 0.446 e. The smallest absolute Gasteiger partial charge is 0.160 e. The highest BCUT2D eigenvalue weighted by molar-refractivity contribution is 8.00. The third kappa shape index (κ3) is 4.47. The zero-order valence-corrected chi connectivity index (χ0v) is 10.2. The van der Waals surface area contributed by atoms with Crippen LogP contribution in [0.5, 0.6) is 0 Å². The largest absolute Gasteiger partial charge is 0.446 e. The molecule has 0 spiro atoms. The van der Waals surface area contributed by atoms with Gasteiger partial charge in [-0.1, -0.05) is 32.4 Å². The summed E-state index contributed by atoms with van der Waals surface area (Å²) in [5.41, 5.74) is -3.09. The third-order valence-electron chi connectivity index (χ3n) is 2.40. The van der Waals surface area contributed by atoms with Gasteiger partial charge >= 0.3 is 5.51 Å². The number of benzene rings is 1. The number of alkyl halides is 3. The van der Waals surface area contributed by atoms with Crippen LogP contribution in [0.3, 0.4) is 0 Å². The van der Waals surface area contributed by atoms with Crippen molar-refractivity contribution in [1.29, 1.82) is 0 Å². The molecule has 1 unspecified atom stereocenters. The van der Waals surface area contributed by atoms with Crippen LogP contribution in [0.25, 0.3) is 0 Å². The average molecular weight is 248 g/mol. The van der Waals surface area contributed by atoms with Crippen molar-refractivity contribution in [2.45, 2.75) is 43.0 Å². The Balaban J connectivity index is 2.68. The maximum absolute atomic E-state index is 12.1. The monoisotopic (exact) mass is 248 g/mol. The Bertz CT molecular complexity index is 316. The Morgan fingerprint density at radius 2 is 1.75 bits per heavy atom. The Morgan fingerprint density at radius 1 is 1.19 bits per heavy atom. The fourth-order valence-corrected chi connectivity index (χ4v) is 2.14. The zero-order chi connectivity index (χ0) is 12.2. The standard InChI is InChI=1S/C12H15F3S/c1-3-4-9(2)10-5-7-11(8-6-10)16-12(13,14)15/h5-9H,3-4H2,1-2H3. The van der Waals surface area contributed by atoms with Gasteiger partial charge in [-0.2, -0.15) is 13.2 Å². The molecule has 1 aromatic rings. The number of hydrogen-bond donors (Lipinski definition) is 0. The van der Waals surface area contributed by atoms with Crippen LogP contribution in [0.15, 0.2) is 29.2 Å². The lowest BCUT2D eigenvalue weighted by Gasteiger charge is -2.11. The molecule has 0 aliphatic carbocycles. The van der Waals surface area contributed by atoms with Gasteiger partial charge in [-0.3, -0.25) is 0 Å². The summed E-state index contributed by atoms with van der Waals surface area (Å²) in [4.78, 5) is 0.250. The van der Waals surface area contributed by atoms with E-state index in [2.05, 4.69) is 13.8 Å². The van der Waals surface area contributed by atoms with E-state index in [-0.39, 0.29) is 16.7 Å². The van der Waals surface area contributed by atoms with Crippen LogP contribution in [-0.2, 0) is 0 Å². The van der Waals surface area contributed by atoms with Crippen molar-refractivity contribution in [1.82, 2.24) is 0 Å². The summed E-state index contributed by atoms with van der Waals surface area (Å²) < 4.78 is 36.3. The molecule has 0 heterocycles. The van der Waals surface area contributed by atoms with Gasteiger partial charge < -0.3 is 0 Å². The van der Waals surface area contributed by atoms with Crippen LogP contribution in [0.2, 0.25) is 0 Å². The topological polar surface area (TPSA) is 0 Å². The lowest BCUT2D eigenvalue weighted by molar-refractivity contribution is -0.0328. The minimum Gasteiger partial charge on any atom is -0.160 e. The normalized spacial score (nSPS) is 13.8. The van der Waals surface area contributed by atoms with Crippen molar-refractivity contribution < 1.29 is 13.2 Å². The summed E-state index contributed by atoms with van der Waals surface area (Å²) in [6.45, 7) is 4.19. The molecule has 90 valence electrons. The summed E-state index contributed by atoms with van der Waals surface area (Å²) in [5, 5.41) is 0. The molecule has 0 aromatic heterocycles. The van der Waals surface area contributed by atoms with Crippen LogP contribution >= 0.6 is 11.8 Å². The number of halogens is 3. The van der Waals surface area contributed by atoms with Crippen molar-refractivity contribution >= 4 is 11.8 Å². The van der Waals surface area contributed by atoms with Gasteiger partial charge in [0.15, 0.2) is 0 Å². The molecule has 0 saturated heterocycles. The van der Waals surface area contributed by atoms with Crippen LogP contribution < -0.4 is 0 Å². The zero-order valence-electron chi connectivity index (χ0n) is 9.34. The molecule has 4 heteroatoms. The van der Waals surface area contributed by atoms with E-state index >= 15 is 0 Å². The Kier molecular flexibility index (Phi) is 4.71. The Morgan fingerprint density at radius 3 is 2.19 bits per heavy atom. The van der Waals surface area contributed by atoms with E-state index in [1.807, 2.05) is 0 Å². The van der Waals surface area contributed by atoms with Crippen LogP contribution in [0.1, 0.15) is 38.2 Å². The first-order valence-corrected chi connectivity index (χ1v) is 6.09. The lowest BCUT2D eigenvalue weighted by Crippen LogP contribution is -1.99. The highest BCUT2D eigenvalue weighted by atomic mass is 32.2. The summed E-state index contributed by atoms with van der Waals surface area (Å²) >= 11 is -0.0655. The second-order valence-electron chi connectivity index (χ2n) is 3.81. The molecular formula is C12H15F3S. The van der Waals surface area contributed by atoms with E-state index < -0.39 is 5.51 Å². The number of thioether (sulfide) groups is 1. The van der Waals surface area contributed by atoms with Gasteiger partial charge in [-0.05, 0) is 41.8 Å². The van der Waals surface area contributed by atoms with Crippen molar-refractivity contribution in [3.63, 3.8) is 0 Å². The molecule has 0 N–H and O–H groups in total. The van der Waals surface area contributed by atoms with E-state index in [1.54, 1.807) is 24.3 Å². The van der Waals surface area contributed by atoms with Crippen molar-refractivity contribution in [3.8, 4) is 0 Å². The predicted octanol–water partition coefficient (Wildman–Crippen LogP) is 5.20. The molecule has 0 bridgehead atoms. The first kappa shape index (κ1) is 13.4. The molecule has 0 saturated carbocycles. The fourth-order valence-electron chi connectivity index (χ4n) is 1.60. The van der Waals surface area contributed by atoms with E-state index in [0.717, 1.165) is 18.4 Å². The molecule has 0 aliphatic heterocycles. The van der Waals surface area contributed by atoms with E-state index in [0.29, 0.717) is 5.92 Å². The minimum atomic E-state index is -4.20. The van der Waals surface area contributed by atoms with Crippen LogP contribution in [0, 0.1) is 0 Å². The molecular weight excluding hydrogens is 233 g/mol. The summed E-state index contributed by atoms with van der Waals surface area (Å²) in [7, 11) is 0. The van der Waals surface area contributed by atoms with Gasteiger partial charge in [-0.25, -0.2) is 0 Å². The molecule has 1 aromatic carbocycles. The summed E-state index contributed by atoms with van der Waals surface area (Å²) in [6, 6.07) is 6.65. The number of rotatable bonds is 4. The Hall–Kier alpha value is -0.640. The third-order valence-corrected chi connectivity index (χ3v) is 3.14. The highest BCUT2D eigenvalue weighted by Gasteiger charge is 2.29. The van der Waals surface area contributed by atoms with Gasteiger partial charge in [0.05, 0.1) is 0 Å². The molecule has 0 nitrogen and oxygen atoms in total. The van der Waals surface area contributed by atoms with Crippen molar-refractivity contribution in [2.75, 3.05) is 0 Å². The van der Waals surface area contributed by atoms with Gasteiger partial charge in [0.2, 0.25) is 0 Å². The summed E-state index contributed by atoms with van der Waals surface area (Å²) in [5.74, 6) is 0.412. The molecule has 1 rings (SSSR count). The Labute approximate surface area is 98.2 Å². The molecule has 0 amide bonds. The second-order valence-corrected chi connectivity index (χ2v) is 4.94. The van der Waals surface area contributed by atoms with Crippen molar-refractivity contribution in [3.05, 3.63) is 29.8 Å². The lowest BCUT2D eigenvalue weighted by atomic mass is 9.97. The van der Waals surface area contributed by atoms with Crippen molar-refractivity contribution in [2.24, 2.45) is 0 Å². The van der Waals surface area contributed by atoms with Gasteiger partial charge in [0.25, 0.3) is 0 Å². The first-order valence-electron chi connectivity index (χ1n) is 5.28. The van der Waals surface area contributed by atoms with E-state index in [1.165, 1.54) is 0 Å².